The molecule has 1 amide bonds. The van der Waals surface area contributed by atoms with Gasteiger partial charge in [0.15, 0.2) is 0 Å². The van der Waals surface area contributed by atoms with Gasteiger partial charge in [-0.25, -0.2) is 0 Å². The fraction of sp³-hybridized carbons (Fsp3) is 0.125. The standard InChI is InChI=1S/C16H13ClN4O2S/c1-10(14(22)19-13-4-2-12(17)3-5-13)24-16-21-20-15(23-16)11-6-8-18-9-7-11/h2-10H,1H3,(H,19,22). The number of halogens is 1. The van der Waals surface area contributed by atoms with Crippen molar-refractivity contribution in [2.45, 2.75) is 17.4 Å². The van der Waals surface area contributed by atoms with Crippen LogP contribution in [0.15, 0.2) is 58.4 Å². The van der Waals surface area contributed by atoms with Crippen LogP contribution in [0.4, 0.5) is 5.69 Å². The van der Waals surface area contributed by atoms with Crippen LogP contribution in [0.3, 0.4) is 0 Å². The molecule has 0 spiro atoms. The fourth-order valence-electron chi connectivity index (χ4n) is 1.85. The Balaban J connectivity index is 1.62. The van der Waals surface area contributed by atoms with E-state index in [9.17, 15) is 4.79 Å². The third kappa shape index (κ3) is 4.12. The first-order chi connectivity index (χ1) is 11.6. The minimum Gasteiger partial charge on any atom is -0.411 e. The highest BCUT2D eigenvalue weighted by Gasteiger charge is 2.19. The van der Waals surface area contributed by atoms with Gasteiger partial charge in [0, 0.05) is 28.7 Å². The number of amides is 1. The zero-order chi connectivity index (χ0) is 16.9. The fourth-order valence-corrected chi connectivity index (χ4v) is 2.66. The Bertz CT molecular complexity index is 824. The van der Waals surface area contributed by atoms with Gasteiger partial charge in [0.05, 0.1) is 5.25 Å². The van der Waals surface area contributed by atoms with Crippen molar-refractivity contribution in [1.82, 2.24) is 15.2 Å². The van der Waals surface area contributed by atoms with Crippen LogP contribution < -0.4 is 5.32 Å². The summed E-state index contributed by atoms with van der Waals surface area (Å²) < 4.78 is 5.57. The van der Waals surface area contributed by atoms with E-state index < -0.39 is 5.25 Å². The first-order valence-electron chi connectivity index (χ1n) is 7.09. The highest BCUT2D eigenvalue weighted by molar-refractivity contribution is 8.00. The molecular formula is C16H13ClN4O2S. The number of hydrogen-bond donors (Lipinski definition) is 1. The topological polar surface area (TPSA) is 80.9 Å². The van der Waals surface area contributed by atoms with Crippen molar-refractivity contribution in [3.05, 3.63) is 53.8 Å². The summed E-state index contributed by atoms with van der Waals surface area (Å²) in [6, 6.07) is 10.5. The van der Waals surface area contributed by atoms with Crippen LogP contribution in [0.5, 0.6) is 0 Å². The Morgan fingerprint density at radius 2 is 1.88 bits per heavy atom. The maximum atomic E-state index is 12.2. The lowest BCUT2D eigenvalue weighted by Gasteiger charge is -2.09. The van der Waals surface area contributed by atoms with Crippen LogP contribution in [-0.4, -0.2) is 26.3 Å². The molecule has 1 N–H and O–H groups in total. The number of carbonyl (C=O) groups is 1. The second kappa shape index (κ2) is 7.46. The largest absolute Gasteiger partial charge is 0.411 e. The summed E-state index contributed by atoms with van der Waals surface area (Å²) >= 11 is 7.02. The first-order valence-corrected chi connectivity index (χ1v) is 8.34. The minimum atomic E-state index is -0.397. The van der Waals surface area contributed by atoms with Gasteiger partial charge in [0.1, 0.15) is 0 Å². The molecule has 1 aromatic carbocycles. The minimum absolute atomic E-state index is 0.161. The third-order valence-electron chi connectivity index (χ3n) is 3.09. The van der Waals surface area contributed by atoms with Crippen LogP contribution in [0.2, 0.25) is 5.02 Å². The van der Waals surface area contributed by atoms with E-state index in [4.69, 9.17) is 16.0 Å². The van der Waals surface area contributed by atoms with Gasteiger partial charge in [-0.15, -0.1) is 10.2 Å². The van der Waals surface area contributed by atoms with E-state index in [-0.39, 0.29) is 5.91 Å². The van der Waals surface area contributed by atoms with Crippen molar-refractivity contribution in [3.63, 3.8) is 0 Å². The van der Waals surface area contributed by atoms with Crippen molar-refractivity contribution >= 4 is 35.0 Å². The molecule has 3 aromatic rings. The summed E-state index contributed by atoms with van der Waals surface area (Å²) in [5.74, 6) is 0.233. The summed E-state index contributed by atoms with van der Waals surface area (Å²) in [5.41, 5.74) is 1.46. The maximum Gasteiger partial charge on any atom is 0.277 e. The third-order valence-corrected chi connectivity index (χ3v) is 4.28. The van der Waals surface area contributed by atoms with Gasteiger partial charge in [-0.3, -0.25) is 9.78 Å². The number of aromatic nitrogens is 3. The predicted molar refractivity (Wildman–Crippen MR) is 92.9 cm³/mol. The van der Waals surface area contributed by atoms with E-state index >= 15 is 0 Å². The molecule has 2 heterocycles. The molecule has 2 aromatic heterocycles. The SMILES string of the molecule is CC(Sc1nnc(-c2ccncc2)o1)C(=O)Nc1ccc(Cl)cc1. The smallest absolute Gasteiger partial charge is 0.277 e. The summed E-state index contributed by atoms with van der Waals surface area (Å²) in [4.78, 5) is 16.2. The highest BCUT2D eigenvalue weighted by Crippen LogP contribution is 2.26. The molecule has 0 saturated heterocycles. The molecule has 0 radical (unpaired) electrons. The summed E-state index contributed by atoms with van der Waals surface area (Å²) in [7, 11) is 0. The van der Waals surface area contributed by atoms with Crippen molar-refractivity contribution in [3.8, 4) is 11.5 Å². The van der Waals surface area contributed by atoms with E-state index in [0.717, 1.165) is 5.56 Å². The van der Waals surface area contributed by atoms with Gasteiger partial charge in [-0.1, -0.05) is 23.4 Å². The molecule has 0 fully saturated rings. The first kappa shape index (κ1) is 16.5. The molecule has 1 unspecified atom stereocenters. The Morgan fingerprint density at radius 1 is 1.17 bits per heavy atom. The van der Waals surface area contributed by atoms with Gasteiger partial charge in [-0.2, -0.15) is 0 Å². The second-order valence-corrected chi connectivity index (χ2v) is 6.59. The average Bonchev–Trinajstić information content (AvgIpc) is 3.06. The molecule has 0 aliphatic rings. The van der Waals surface area contributed by atoms with Crippen LogP contribution in [-0.2, 0) is 4.79 Å². The number of anilines is 1. The molecule has 6 nitrogen and oxygen atoms in total. The lowest BCUT2D eigenvalue weighted by molar-refractivity contribution is -0.115. The van der Waals surface area contributed by atoms with E-state index in [2.05, 4.69) is 20.5 Å². The van der Waals surface area contributed by atoms with Gasteiger partial charge >= 0.3 is 0 Å². The number of carbonyl (C=O) groups excluding carboxylic acids is 1. The molecule has 24 heavy (non-hydrogen) atoms. The molecule has 0 aliphatic carbocycles. The van der Waals surface area contributed by atoms with Gasteiger partial charge < -0.3 is 9.73 Å². The number of nitrogens with one attached hydrogen (secondary N) is 1. The summed E-state index contributed by atoms with van der Waals surface area (Å²) in [6.45, 7) is 1.77. The lowest BCUT2D eigenvalue weighted by Crippen LogP contribution is -2.22. The number of benzene rings is 1. The molecule has 0 bridgehead atoms. The molecule has 8 heteroatoms. The molecule has 3 rings (SSSR count). The average molecular weight is 361 g/mol. The van der Waals surface area contributed by atoms with Crippen LogP contribution in [0.25, 0.3) is 11.5 Å². The molecule has 0 aliphatic heterocycles. The van der Waals surface area contributed by atoms with Crippen LogP contribution in [0.1, 0.15) is 6.92 Å². The molecular weight excluding hydrogens is 348 g/mol. The lowest BCUT2D eigenvalue weighted by atomic mass is 10.3. The Hall–Kier alpha value is -2.38. The van der Waals surface area contributed by atoms with Crippen molar-refractivity contribution in [2.24, 2.45) is 0 Å². The van der Waals surface area contributed by atoms with Gasteiger partial charge in [-0.05, 0) is 43.3 Å². The quantitative estimate of drug-likeness (QED) is 0.695. The van der Waals surface area contributed by atoms with Crippen molar-refractivity contribution in [2.75, 3.05) is 5.32 Å². The van der Waals surface area contributed by atoms with E-state index in [1.807, 2.05) is 0 Å². The number of rotatable bonds is 5. The summed E-state index contributed by atoms with van der Waals surface area (Å²) in [6.07, 6.45) is 3.29. The second-order valence-electron chi connectivity index (χ2n) is 4.87. The zero-order valence-electron chi connectivity index (χ0n) is 12.6. The van der Waals surface area contributed by atoms with Crippen molar-refractivity contribution < 1.29 is 9.21 Å². The van der Waals surface area contributed by atoms with Gasteiger partial charge in [0.2, 0.25) is 11.8 Å². The number of thioether (sulfide) groups is 1. The Labute approximate surface area is 147 Å². The maximum absolute atomic E-state index is 12.2. The highest BCUT2D eigenvalue weighted by atomic mass is 35.5. The van der Waals surface area contributed by atoms with E-state index in [0.29, 0.717) is 21.8 Å². The Morgan fingerprint density at radius 3 is 2.58 bits per heavy atom. The van der Waals surface area contributed by atoms with Crippen LogP contribution in [0, 0.1) is 0 Å². The number of nitrogens with zero attached hydrogens (tertiary/aromatic N) is 3. The molecule has 0 saturated carbocycles. The molecule has 122 valence electrons. The number of hydrogen-bond acceptors (Lipinski definition) is 6. The normalized spacial score (nSPS) is 11.9. The monoisotopic (exact) mass is 360 g/mol. The zero-order valence-corrected chi connectivity index (χ0v) is 14.2. The summed E-state index contributed by atoms with van der Waals surface area (Å²) in [5, 5.41) is 11.3. The predicted octanol–water partition coefficient (Wildman–Crippen LogP) is 3.90. The Kier molecular flexibility index (Phi) is 5.12. The number of pyridine rings is 1. The van der Waals surface area contributed by atoms with Crippen LogP contribution >= 0.6 is 23.4 Å². The van der Waals surface area contributed by atoms with Gasteiger partial charge in [0.25, 0.3) is 5.22 Å². The van der Waals surface area contributed by atoms with Crippen molar-refractivity contribution in [1.29, 1.82) is 0 Å². The molecule has 1 atom stereocenters. The van der Waals surface area contributed by atoms with E-state index in [1.165, 1.54) is 11.8 Å². The van der Waals surface area contributed by atoms with E-state index in [1.54, 1.807) is 55.7 Å².